The lowest BCUT2D eigenvalue weighted by Crippen LogP contribution is -2.54. The molecule has 1 aromatic rings. The van der Waals surface area contributed by atoms with Gasteiger partial charge in [-0.1, -0.05) is 18.2 Å². The third kappa shape index (κ3) is 3.25. The molecule has 1 aliphatic heterocycles. The molecule has 1 saturated carbocycles. The Labute approximate surface area is 131 Å². The van der Waals surface area contributed by atoms with E-state index in [1.165, 1.54) is 0 Å². The van der Waals surface area contributed by atoms with Crippen LogP contribution >= 0.6 is 0 Å². The van der Waals surface area contributed by atoms with Gasteiger partial charge in [0.15, 0.2) is 0 Å². The van der Waals surface area contributed by atoms with Gasteiger partial charge in [-0.3, -0.25) is 4.79 Å². The first-order valence-corrected chi connectivity index (χ1v) is 7.91. The van der Waals surface area contributed by atoms with Crippen molar-refractivity contribution in [3.05, 3.63) is 30.3 Å². The molecule has 1 heterocycles. The van der Waals surface area contributed by atoms with Crippen molar-refractivity contribution in [2.45, 2.75) is 37.5 Å². The molecule has 1 amide bonds. The van der Waals surface area contributed by atoms with Gasteiger partial charge in [0.05, 0.1) is 31.8 Å². The molecule has 120 valence electrons. The van der Waals surface area contributed by atoms with E-state index in [1.54, 1.807) is 7.11 Å². The predicted octanol–water partition coefficient (Wildman–Crippen LogP) is 1.86. The van der Waals surface area contributed by atoms with Crippen LogP contribution in [0, 0.1) is 0 Å². The highest BCUT2D eigenvalue weighted by Crippen LogP contribution is 2.32. The molecular weight excluding hydrogens is 282 g/mol. The van der Waals surface area contributed by atoms with Crippen LogP contribution in [0.2, 0.25) is 0 Å². The van der Waals surface area contributed by atoms with Crippen molar-refractivity contribution in [2.24, 2.45) is 0 Å². The number of methoxy groups -OCH3 is 1. The summed E-state index contributed by atoms with van der Waals surface area (Å²) in [5.74, 6) is 0.946. The Hall–Kier alpha value is -1.59. The minimum Gasteiger partial charge on any atom is -0.493 e. The van der Waals surface area contributed by atoms with Gasteiger partial charge in [-0.05, 0) is 25.0 Å². The van der Waals surface area contributed by atoms with E-state index >= 15 is 0 Å². The van der Waals surface area contributed by atoms with Gasteiger partial charge >= 0.3 is 0 Å². The molecule has 0 radical (unpaired) electrons. The maximum Gasteiger partial charge on any atom is 0.226 e. The Morgan fingerprint density at radius 2 is 2.14 bits per heavy atom. The van der Waals surface area contributed by atoms with Crippen molar-refractivity contribution in [1.29, 1.82) is 0 Å². The van der Waals surface area contributed by atoms with E-state index in [-0.39, 0.29) is 24.2 Å². The van der Waals surface area contributed by atoms with Crippen molar-refractivity contribution >= 4 is 5.91 Å². The summed E-state index contributed by atoms with van der Waals surface area (Å²) >= 11 is 0. The van der Waals surface area contributed by atoms with E-state index in [1.807, 2.05) is 35.2 Å². The van der Waals surface area contributed by atoms with Crippen LogP contribution < -0.4 is 4.74 Å². The number of carbonyl (C=O) groups is 1. The van der Waals surface area contributed by atoms with Crippen molar-refractivity contribution in [3.8, 4) is 5.75 Å². The van der Waals surface area contributed by atoms with Crippen molar-refractivity contribution in [2.75, 3.05) is 26.9 Å². The number of ether oxygens (including phenoxy) is 3. The monoisotopic (exact) mass is 305 g/mol. The van der Waals surface area contributed by atoms with Crippen LogP contribution in [-0.4, -0.2) is 55.9 Å². The molecule has 3 rings (SSSR count). The lowest BCUT2D eigenvalue weighted by atomic mass is 10.1. The normalized spacial score (nSPS) is 27.5. The van der Waals surface area contributed by atoms with E-state index in [0.29, 0.717) is 26.2 Å². The molecule has 1 aliphatic carbocycles. The van der Waals surface area contributed by atoms with Gasteiger partial charge in [0, 0.05) is 13.7 Å². The zero-order valence-electron chi connectivity index (χ0n) is 12.9. The number of morpholine rings is 1. The first-order valence-electron chi connectivity index (χ1n) is 7.91. The second-order valence-electron chi connectivity index (χ2n) is 5.75. The maximum atomic E-state index is 12.5. The Morgan fingerprint density at radius 1 is 1.32 bits per heavy atom. The lowest BCUT2D eigenvalue weighted by molar-refractivity contribution is -0.150. The molecule has 0 aromatic heterocycles. The second kappa shape index (κ2) is 7.11. The van der Waals surface area contributed by atoms with Gasteiger partial charge in [0.1, 0.15) is 11.9 Å². The van der Waals surface area contributed by atoms with Crippen LogP contribution in [0.15, 0.2) is 30.3 Å². The summed E-state index contributed by atoms with van der Waals surface area (Å²) in [6.45, 7) is 1.67. The molecule has 1 aromatic carbocycles. The molecule has 2 fully saturated rings. The smallest absolute Gasteiger partial charge is 0.226 e. The predicted molar refractivity (Wildman–Crippen MR) is 81.8 cm³/mol. The van der Waals surface area contributed by atoms with Gasteiger partial charge in [0.25, 0.3) is 0 Å². The average molecular weight is 305 g/mol. The first kappa shape index (κ1) is 15.3. The fourth-order valence-electron chi connectivity index (χ4n) is 3.39. The summed E-state index contributed by atoms with van der Waals surface area (Å²) in [7, 11) is 1.71. The number of hydrogen-bond donors (Lipinski definition) is 0. The molecule has 2 aliphatic rings. The summed E-state index contributed by atoms with van der Waals surface area (Å²) < 4.78 is 16.9. The van der Waals surface area contributed by atoms with Crippen molar-refractivity contribution < 1.29 is 19.0 Å². The number of amides is 1. The van der Waals surface area contributed by atoms with Gasteiger partial charge in [-0.25, -0.2) is 0 Å². The zero-order chi connectivity index (χ0) is 15.4. The number of fused-ring (bicyclic) bond motifs is 1. The summed E-state index contributed by atoms with van der Waals surface area (Å²) in [6.07, 6.45) is 2.44. The molecule has 22 heavy (non-hydrogen) atoms. The summed E-state index contributed by atoms with van der Waals surface area (Å²) in [5, 5.41) is 0. The van der Waals surface area contributed by atoms with Crippen LogP contribution in [0.4, 0.5) is 0 Å². The highest BCUT2D eigenvalue weighted by Gasteiger charge is 2.44. The van der Waals surface area contributed by atoms with Crippen LogP contribution in [0.1, 0.15) is 19.3 Å². The molecular formula is C17H23NO4. The third-order valence-electron chi connectivity index (χ3n) is 4.49. The van der Waals surface area contributed by atoms with Gasteiger partial charge in [-0.15, -0.1) is 0 Å². The van der Waals surface area contributed by atoms with E-state index in [0.717, 1.165) is 18.6 Å². The number of rotatable bonds is 5. The van der Waals surface area contributed by atoms with Crippen LogP contribution in [0.25, 0.3) is 0 Å². The number of hydrogen-bond acceptors (Lipinski definition) is 4. The van der Waals surface area contributed by atoms with E-state index in [2.05, 4.69) is 0 Å². The molecule has 1 saturated heterocycles. The van der Waals surface area contributed by atoms with Gasteiger partial charge in [-0.2, -0.15) is 0 Å². The number of para-hydroxylation sites is 1. The largest absolute Gasteiger partial charge is 0.493 e. The van der Waals surface area contributed by atoms with Crippen molar-refractivity contribution in [1.82, 2.24) is 4.90 Å². The average Bonchev–Trinajstić information content (AvgIpc) is 2.99. The minimum atomic E-state index is 0.0257. The first-order chi connectivity index (χ1) is 10.8. The van der Waals surface area contributed by atoms with Gasteiger partial charge < -0.3 is 19.1 Å². The second-order valence-corrected chi connectivity index (χ2v) is 5.75. The summed E-state index contributed by atoms with van der Waals surface area (Å²) in [5.41, 5.74) is 0. The number of benzene rings is 1. The van der Waals surface area contributed by atoms with E-state index in [4.69, 9.17) is 14.2 Å². The maximum absolute atomic E-state index is 12.5. The van der Waals surface area contributed by atoms with E-state index in [9.17, 15) is 4.79 Å². The minimum absolute atomic E-state index is 0.0257. The van der Waals surface area contributed by atoms with Crippen LogP contribution in [0.5, 0.6) is 5.75 Å². The highest BCUT2D eigenvalue weighted by atomic mass is 16.5. The summed E-state index contributed by atoms with van der Waals surface area (Å²) in [4.78, 5) is 14.4. The molecule has 0 unspecified atom stereocenters. The fraction of sp³-hybridized carbons (Fsp3) is 0.588. The molecule has 5 heteroatoms. The number of nitrogens with zero attached hydrogens (tertiary/aromatic N) is 1. The van der Waals surface area contributed by atoms with Gasteiger partial charge in [0.2, 0.25) is 5.91 Å². The molecule has 3 atom stereocenters. The Balaban J connectivity index is 1.51. The zero-order valence-corrected chi connectivity index (χ0v) is 12.9. The van der Waals surface area contributed by atoms with Crippen molar-refractivity contribution in [3.63, 3.8) is 0 Å². The Morgan fingerprint density at radius 3 is 2.91 bits per heavy atom. The van der Waals surface area contributed by atoms with Crippen LogP contribution in [-0.2, 0) is 14.3 Å². The SMILES string of the molecule is CO[C@H]1CC[C@@H]2[C@H]1OCCN2C(=O)CCOc1ccccc1. The standard InChI is InChI=1S/C17H23NO4/c1-20-15-8-7-14-17(15)22-12-10-18(14)16(19)9-11-21-13-5-3-2-4-6-13/h2-6,14-15,17H,7-12H2,1H3/t14-,15+,17-/m1/s1. The number of carbonyl (C=O) groups excluding carboxylic acids is 1. The summed E-state index contributed by atoms with van der Waals surface area (Å²) in [6, 6.07) is 9.74. The molecule has 0 spiro atoms. The highest BCUT2D eigenvalue weighted by molar-refractivity contribution is 5.77. The van der Waals surface area contributed by atoms with Crippen LogP contribution in [0.3, 0.4) is 0 Å². The molecule has 5 nitrogen and oxygen atoms in total. The Kier molecular flexibility index (Phi) is 4.95. The lowest BCUT2D eigenvalue weighted by Gasteiger charge is -2.39. The van der Waals surface area contributed by atoms with E-state index < -0.39 is 0 Å². The molecule has 0 N–H and O–H groups in total. The molecule has 0 bridgehead atoms. The third-order valence-corrected chi connectivity index (χ3v) is 4.49. The fourth-order valence-corrected chi connectivity index (χ4v) is 3.39. The Bertz CT molecular complexity index is 493. The topological polar surface area (TPSA) is 48.0 Å². The quantitative estimate of drug-likeness (QED) is 0.833.